The Balaban J connectivity index is 1.66. The van der Waals surface area contributed by atoms with Gasteiger partial charge in [0.15, 0.2) is 12.4 Å². The lowest BCUT2D eigenvalue weighted by molar-refractivity contribution is -0.127. The summed E-state index contributed by atoms with van der Waals surface area (Å²) in [5.74, 6) is 0.414. The lowest BCUT2D eigenvalue weighted by Crippen LogP contribution is -2.38. The van der Waals surface area contributed by atoms with Crippen molar-refractivity contribution in [2.24, 2.45) is 0 Å². The Morgan fingerprint density at radius 3 is 2.44 bits per heavy atom. The molecular formula is C18H20N2O5. The number of hydrogen-bond acceptors (Lipinski definition) is 5. The maximum absolute atomic E-state index is 11.7. The number of furan rings is 1. The van der Waals surface area contributed by atoms with E-state index in [-0.39, 0.29) is 31.4 Å². The van der Waals surface area contributed by atoms with E-state index in [4.69, 9.17) is 9.15 Å². The molecule has 7 heteroatoms. The largest absolute Gasteiger partial charge is 0.484 e. The second kappa shape index (κ2) is 9.27. The molecule has 0 aliphatic heterocycles. The molecule has 7 nitrogen and oxygen atoms in total. The van der Waals surface area contributed by atoms with E-state index in [1.807, 2.05) is 0 Å². The van der Waals surface area contributed by atoms with E-state index in [2.05, 4.69) is 10.6 Å². The molecule has 2 amide bonds. The van der Waals surface area contributed by atoms with E-state index in [0.717, 1.165) is 0 Å². The fraction of sp³-hybridized carbons (Fsp3) is 0.278. The summed E-state index contributed by atoms with van der Waals surface area (Å²) in [6.07, 6.45) is 1.95. The van der Waals surface area contributed by atoms with Crippen LogP contribution in [0.5, 0.6) is 5.75 Å². The molecule has 0 unspecified atom stereocenters. The molecule has 2 aromatic rings. The minimum absolute atomic E-state index is 0.0462. The monoisotopic (exact) mass is 344 g/mol. The van der Waals surface area contributed by atoms with Gasteiger partial charge in [0.1, 0.15) is 11.5 Å². The smallest absolute Gasteiger partial charge is 0.258 e. The SMILES string of the molecule is CCC(=O)c1ccc(OCC(=O)NCC(=O)NCc2ccco2)cc1. The first-order valence-electron chi connectivity index (χ1n) is 7.90. The zero-order valence-corrected chi connectivity index (χ0v) is 13.9. The van der Waals surface area contributed by atoms with Crippen molar-refractivity contribution in [3.05, 3.63) is 54.0 Å². The van der Waals surface area contributed by atoms with Gasteiger partial charge in [0, 0.05) is 12.0 Å². The van der Waals surface area contributed by atoms with Crippen LogP contribution >= 0.6 is 0 Å². The molecule has 1 aromatic carbocycles. The summed E-state index contributed by atoms with van der Waals surface area (Å²) in [5.41, 5.74) is 0.604. The summed E-state index contributed by atoms with van der Waals surface area (Å²) >= 11 is 0. The third-order valence-electron chi connectivity index (χ3n) is 3.35. The normalized spacial score (nSPS) is 10.1. The molecule has 2 N–H and O–H groups in total. The second-order valence-electron chi connectivity index (χ2n) is 5.22. The van der Waals surface area contributed by atoms with E-state index in [9.17, 15) is 14.4 Å². The lowest BCUT2D eigenvalue weighted by Gasteiger charge is -2.08. The zero-order valence-electron chi connectivity index (χ0n) is 13.9. The van der Waals surface area contributed by atoms with Crippen LogP contribution < -0.4 is 15.4 Å². The first-order chi connectivity index (χ1) is 12.1. The number of Topliss-reactive ketones (excluding diaryl/α,β-unsaturated/α-hetero) is 1. The zero-order chi connectivity index (χ0) is 18.1. The average molecular weight is 344 g/mol. The number of hydrogen-bond donors (Lipinski definition) is 2. The summed E-state index contributed by atoms with van der Waals surface area (Å²) in [5, 5.41) is 5.08. The van der Waals surface area contributed by atoms with Crippen LogP contribution in [0, 0.1) is 0 Å². The predicted molar refractivity (Wildman–Crippen MR) is 90.1 cm³/mol. The van der Waals surface area contributed by atoms with E-state index in [0.29, 0.717) is 23.5 Å². The summed E-state index contributed by atoms with van der Waals surface area (Å²) < 4.78 is 10.4. The van der Waals surface area contributed by atoms with Crippen molar-refractivity contribution in [1.29, 1.82) is 0 Å². The summed E-state index contributed by atoms with van der Waals surface area (Å²) in [4.78, 5) is 34.8. The highest BCUT2D eigenvalue weighted by molar-refractivity contribution is 5.95. The molecule has 0 fully saturated rings. The first-order valence-corrected chi connectivity index (χ1v) is 7.90. The number of amides is 2. The van der Waals surface area contributed by atoms with Gasteiger partial charge in [0.05, 0.1) is 19.4 Å². The average Bonchev–Trinajstić information content (AvgIpc) is 3.16. The van der Waals surface area contributed by atoms with Crippen LogP contribution in [-0.2, 0) is 16.1 Å². The highest BCUT2D eigenvalue weighted by Gasteiger charge is 2.08. The van der Waals surface area contributed by atoms with Crippen LogP contribution in [0.15, 0.2) is 47.1 Å². The molecule has 2 rings (SSSR count). The molecule has 0 bridgehead atoms. The minimum Gasteiger partial charge on any atom is -0.484 e. The number of benzene rings is 1. The number of ketones is 1. The van der Waals surface area contributed by atoms with E-state index in [1.165, 1.54) is 6.26 Å². The van der Waals surface area contributed by atoms with Gasteiger partial charge in [0.2, 0.25) is 5.91 Å². The maximum atomic E-state index is 11.7. The van der Waals surface area contributed by atoms with E-state index < -0.39 is 5.91 Å². The van der Waals surface area contributed by atoms with E-state index in [1.54, 1.807) is 43.3 Å². The van der Waals surface area contributed by atoms with Crippen molar-refractivity contribution in [2.45, 2.75) is 19.9 Å². The molecule has 0 saturated heterocycles. The van der Waals surface area contributed by atoms with E-state index >= 15 is 0 Å². The predicted octanol–water partition coefficient (Wildman–Crippen LogP) is 1.68. The van der Waals surface area contributed by atoms with Crippen molar-refractivity contribution in [3.8, 4) is 5.75 Å². The first kappa shape index (κ1) is 18.3. The van der Waals surface area contributed by atoms with Gasteiger partial charge in [-0.05, 0) is 36.4 Å². The fourth-order valence-electron chi connectivity index (χ4n) is 1.98. The van der Waals surface area contributed by atoms with Crippen LogP contribution in [0.1, 0.15) is 29.5 Å². The van der Waals surface area contributed by atoms with Gasteiger partial charge >= 0.3 is 0 Å². The molecule has 132 valence electrons. The summed E-state index contributed by atoms with van der Waals surface area (Å²) in [6.45, 7) is 1.70. The molecule has 0 radical (unpaired) electrons. The molecule has 0 atom stereocenters. The second-order valence-corrected chi connectivity index (χ2v) is 5.22. The highest BCUT2D eigenvalue weighted by atomic mass is 16.5. The third-order valence-corrected chi connectivity index (χ3v) is 3.35. The Morgan fingerprint density at radius 1 is 1.04 bits per heavy atom. The van der Waals surface area contributed by atoms with Crippen LogP contribution in [0.3, 0.4) is 0 Å². The molecule has 1 aromatic heterocycles. The van der Waals surface area contributed by atoms with Crippen molar-refractivity contribution >= 4 is 17.6 Å². The van der Waals surface area contributed by atoms with Gasteiger partial charge in [-0.25, -0.2) is 0 Å². The lowest BCUT2D eigenvalue weighted by atomic mass is 10.1. The van der Waals surface area contributed by atoms with Crippen molar-refractivity contribution in [1.82, 2.24) is 10.6 Å². The topological polar surface area (TPSA) is 97.6 Å². The van der Waals surface area contributed by atoms with Gasteiger partial charge in [-0.2, -0.15) is 0 Å². The Kier molecular flexibility index (Phi) is 6.76. The number of carbonyl (C=O) groups excluding carboxylic acids is 3. The van der Waals surface area contributed by atoms with Gasteiger partial charge in [0.25, 0.3) is 5.91 Å². The van der Waals surface area contributed by atoms with Crippen LogP contribution in [0.2, 0.25) is 0 Å². The Hall–Kier alpha value is -3.09. The Labute approximate surface area is 145 Å². The molecule has 25 heavy (non-hydrogen) atoms. The summed E-state index contributed by atoms with van der Waals surface area (Å²) in [7, 11) is 0. The molecule has 0 spiro atoms. The quantitative estimate of drug-likeness (QED) is 0.675. The van der Waals surface area contributed by atoms with Gasteiger partial charge in [-0.1, -0.05) is 6.92 Å². The minimum atomic E-state index is -0.415. The van der Waals surface area contributed by atoms with Crippen LogP contribution in [-0.4, -0.2) is 30.7 Å². The molecule has 0 aliphatic rings. The van der Waals surface area contributed by atoms with Gasteiger partial charge < -0.3 is 19.8 Å². The maximum Gasteiger partial charge on any atom is 0.258 e. The van der Waals surface area contributed by atoms with Crippen LogP contribution in [0.4, 0.5) is 0 Å². The number of ether oxygens (including phenoxy) is 1. The summed E-state index contributed by atoms with van der Waals surface area (Å²) in [6, 6.07) is 10.0. The van der Waals surface area contributed by atoms with Gasteiger partial charge in [-0.3, -0.25) is 14.4 Å². The number of carbonyl (C=O) groups is 3. The third kappa shape index (κ3) is 6.14. The fourth-order valence-corrected chi connectivity index (χ4v) is 1.98. The Bertz CT molecular complexity index is 708. The molecule has 0 aliphatic carbocycles. The van der Waals surface area contributed by atoms with Crippen molar-refractivity contribution in [2.75, 3.05) is 13.2 Å². The molecular weight excluding hydrogens is 324 g/mol. The van der Waals surface area contributed by atoms with Crippen molar-refractivity contribution < 1.29 is 23.5 Å². The standard InChI is InChI=1S/C18H20N2O5/c1-2-16(21)13-5-7-14(8-6-13)25-12-18(23)20-11-17(22)19-10-15-4-3-9-24-15/h3-9H,2,10-12H2,1H3,(H,19,22)(H,20,23). The molecule has 1 heterocycles. The van der Waals surface area contributed by atoms with Gasteiger partial charge in [-0.15, -0.1) is 0 Å². The number of nitrogens with one attached hydrogen (secondary N) is 2. The Morgan fingerprint density at radius 2 is 1.80 bits per heavy atom. The highest BCUT2D eigenvalue weighted by Crippen LogP contribution is 2.13. The van der Waals surface area contributed by atoms with Crippen molar-refractivity contribution in [3.63, 3.8) is 0 Å². The van der Waals surface area contributed by atoms with Crippen LogP contribution in [0.25, 0.3) is 0 Å². The number of rotatable bonds is 9. The molecule has 0 saturated carbocycles.